The van der Waals surface area contributed by atoms with Gasteiger partial charge >= 0.3 is 6.18 Å². The van der Waals surface area contributed by atoms with E-state index in [0.29, 0.717) is 29.3 Å². The minimum Gasteiger partial charge on any atom is -0.322 e. The standard InChI is InChI=1S/C23H22F3N5/c24-23(25,26)21-19-20(18-17(29-21)7-4-11-28-18)31(14-10-15-8-12-27-13-9-15)22(30-19)16-5-2-1-3-6-16/h1-7,11,15,27H,8-10,12-14H2. The van der Waals surface area contributed by atoms with E-state index in [1.807, 2.05) is 34.9 Å². The monoisotopic (exact) mass is 425 g/mol. The van der Waals surface area contributed by atoms with Crippen LogP contribution in [-0.4, -0.2) is 32.6 Å². The minimum absolute atomic E-state index is 0.136. The molecule has 160 valence electrons. The van der Waals surface area contributed by atoms with Gasteiger partial charge in [0.05, 0.1) is 11.0 Å². The van der Waals surface area contributed by atoms with Gasteiger partial charge in [-0.15, -0.1) is 0 Å². The smallest absolute Gasteiger partial charge is 0.322 e. The number of hydrogen-bond donors (Lipinski definition) is 1. The Morgan fingerprint density at radius 1 is 0.968 bits per heavy atom. The van der Waals surface area contributed by atoms with Crippen LogP contribution in [0.25, 0.3) is 33.5 Å². The molecule has 1 N–H and O–H groups in total. The summed E-state index contributed by atoms with van der Waals surface area (Å²) in [4.78, 5) is 12.8. The van der Waals surface area contributed by atoms with E-state index in [0.717, 1.165) is 37.9 Å². The topological polar surface area (TPSA) is 55.6 Å². The molecule has 5 rings (SSSR count). The van der Waals surface area contributed by atoms with Gasteiger partial charge in [0.1, 0.15) is 16.9 Å². The summed E-state index contributed by atoms with van der Waals surface area (Å²) in [5.74, 6) is 1.06. The number of hydrogen-bond acceptors (Lipinski definition) is 4. The maximum atomic E-state index is 13.9. The first kappa shape index (κ1) is 19.9. The summed E-state index contributed by atoms with van der Waals surface area (Å²) in [7, 11) is 0. The lowest BCUT2D eigenvalue weighted by Crippen LogP contribution is -2.28. The average molecular weight is 425 g/mol. The summed E-state index contributed by atoms with van der Waals surface area (Å²) >= 11 is 0. The Morgan fingerprint density at radius 3 is 2.48 bits per heavy atom. The Hall–Kier alpha value is -3.00. The number of nitrogens with zero attached hydrogens (tertiary/aromatic N) is 4. The summed E-state index contributed by atoms with van der Waals surface area (Å²) in [6, 6.07) is 12.5. The van der Waals surface area contributed by atoms with E-state index in [-0.39, 0.29) is 11.0 Å². The number of aromatic nitrogens is 4. The molecule has 8 heteroatoms. The van der Waals surface area contributed by atoms with E-state index < -0.39 is 11.9 Å². The highest BCUT2D eigenvalue weighted by Crippen LogP contribution is 2.38. The molecule has 4 aromatic rings. The normalized spacial score (nSPS) is 15.7. The van der Waals surface area contributed by atoms with Crippen LogP contribution in [0.3, 0.4) is 0 Å². The average Bonchev–Trinajstić information content (AvgIpc) is 3.17. The van der Waals surface area contributed by atoms with E-state index in [1.165, 1.54) is 0 Å². The molecule has 5 nitrogen and oxygen atoms in total. The first-order valence-corrected chi connectivity index (χ1v) is 10.5. The third-order valence-electron chi connectivity index (χ3n) is 5.96. The maximum absolute atomic E-state index is 13.9. The summed E-state index contributed by atoms with van der Waals surface area (Å²) in [5.41, 5.74) is 0.769. The van der Waals surface area contributed by atoms with Gasteiger partial charge in [-0.25, -0.2) is 9.97 Å². The molecule has 31 heavy (non-hydrogen) atoms. The molecule has 0 amide bonds. The zero-order valence-electron chi connectivity index (χ0n) is 16.9. The number of piperidine rings is 1. The number of nitrogens with one attached hydrogen (secondary N) is 1. The number of pyridine rings is 2. The minimum atomic E-state index is -4.61. The van der Waals surface area contributed by atoms with Gasteiger partial charge in [0, 0.05) is 18.3 Å². The van der Waals surface area contributed by atoms with E-state index in [4.69, 9.17) is 0 Å². The second-order valence-corrected chi connectivity index (χ2v) is 7.96. The largest absolute Gasteiger partial charge is 0.435 e. The van der Waals surface area contributed by atoms with Gasteiger partial charge in [0.25, 0.3) is 0 Å². The van der Waals surface area contributed by atoms with Crippen molar-refractivity contribution in [3.8, 4) is 11.4 Å². The van der Waals surface area contributed by atoms with Crippen LogP contribution in [0.1, 0.15) is 25.0 Å². The molecule has 0 radical (unpaired) electrons. The van der Waals surface area contributed by atoms with Gasteiger partial charge in [0.2, 0.25) is 0 Å². The number of imidazole rings is 1. The number of halogens is 3. The molecular weight excluding hydrogens is 403 g/mol. The van der Waals surface area contributed by atoms with Gasteiger partial charge < -0.3 is 9.88 Å². The highest BCUT2D eigenvalue weighted by molar-refractivity contribution is 6.02. The van der Waals surface area contributed by atoms with E-state index in [9.17, 15) is 13.2 Å². The molecule has 1 saturated heterocycles. The summed E-state index contributed by atoms with van der Waals surface area (Å²) in [5, 5.41) is 3.36. The van der Waals surface area contributed by atoms with Crippen molar-refractivity contribution in [3.05, 3.63) is 54.4 Å². The number of rotatable bonds is 4. The third-order valence-corrected chi connectivity index (χ3v) is 5.96. The second kappa shape index (κ2) is 7.92. The van der Waals surface area contributed by atoms with Crippen LogP contribution in [0.4, 0.5) is 13.2 Å². The number of fused-ring (bicyclic) bond motifs is 3. The Bertz CT molecular complexity index is 1210. The lowest BCUT2D eigenvalue weighted by molar-refractivity contribution is -0.139. The fourth-order valence-corrected chi connectivity index (χ4v) is 4.41. The second-order valence-electron chi connectivity index (χ2n) is 7.96. The van der Waals surface area contributed by atoms with Gasteiger partial charge in [0.15, 0.2) is 5.69 Å². The molecule has 0 saturated carbocycles. The van der Waals surface area contributed by atoms with Crippen molar-refractivity contribution in [1.29, 1.82) is 0 Å². The maximum Gasteiger partial charge on any atom is 0.435 e. The van der Waals surface area contributed by atoms with E-state index in [2.05, 4.69) is 20.3 Å². The SMILES string of the molecule is FC(F)(F)c1nc2cccnc2c2c1nc(-c1ccccc1)n2CCC1CCNCC1. The van der Waals surface area contributed by atoms with Crippen LogP contribution >= 0.6 is 0 Å². The summed E-state index contributed by atoms with van der Waals surface area (Å²) in [6.07, 6.45) is 0.00178. The molecule has 1 fully saturated rings. The van der Waals surface area contributed by atoms with Crippen molar-refractivity contribution in [2.24, 2.45) is 5.92 Å². The number of aryl methyl sites for hydroxylation is 1. The third kappa shape index (κ3) is 3.76. The molecule has 0 bridgehead atoms. The van der Waals surface area contributed by atoms with Crippen molar-refractivity contribution in [3.63, 3.8) is 0 Å². The molecule has 3 aromatic heterocycles. The van der Waals surface area contributed by atoms with Crippen LogP contribution in [0.2, 0.25) is 0 Å². The van der Waals surface area contributed by atoms with Gasteiger partial charge in [-0.1, -0.05) is 30.3 Å². The van der Waals surface area contributed by atoms with Crippen LogP contribution in [0.15, 0.2) is 48.7 Å². The Balaban J connectivity index is 1.75. The van der Waals surface area contributed by atoms with Crippen molar-refractivity contribution in [1.82, 2.24) is 24.8 Å². The van der Waals surface area contributed by atoms with Crippen LogP contribution < -0.4 is 5.32 Å². The first-order chi connectivity index (χ1) is 15.0. The van der Waals surface area contributed by atoms with Gasteiger partial charge in [-0.3, -0.25) is 4.98 Å². The molecular formula is C23H22F3N5. The van der Waals surface area contributed by atoms with Crippen LogP contribution in [-0.2, 0) is 12.7 Å². The number of benzene rings is 1. The van der Waals surface area contributed by atoms with Crippen LogP contribution in [0, 0.1) is 5.92 Å². The Morgan fingerprint density at radius 2 is 1.74 bits per heavy atom. The fourth-order valence-electron chi connectivity index (χ4n) is 4.41. The molecule has 1 aliphatic heterocycles. The Kier molecular flexibility index (Phi) is 5.09. The van der Waals surface area contributed by atoms with Crippen molar-refractivity contribution in [2.45, 2.75) is 32.0 Å². The van der Waals surface area contributed by atoms with Crippen molar-refractivity contribution >= 4 is 22.1 Å². The highest BCUT2D eigenvalue weighted by atomic mass is 19.4. The number of alkyl halides is 3. The van der Waals surface area contributed by atoms with E-state index >= 15 is 0 Å². The molecule has 1 aromatic carbocycles. The van der Waals surface area contributed by atoms with Crippen molar-refractivity contribution in [2.75, 3.05) is 13.1 Å². The molecule has 0 unspecified atom stereocenters. The predicted molar refractivity (Wildman–Crippen MR) is 113 cm³/mol. The lowest BCUT2D eigenvalue weighted by Gasteiger charge is -2.23. The highest BCUT2D eigenvalue weighted by Gasteiger charge is 2.38. The zero-order valence-corrected chi connectivity index (χ0v) is 16.9. The Labute approximate surface area is 177 Å². The molecule has 4 heterocycles. The molecule has 0 spiro atoms. The summed E-state index contributed by atoms with van der Waals surface area (Å²) in [6.45, 7) is 2.54. The van der Waals surface area contributed by atoms with Gasteiger partial charge in [-0.05, 0) is 50.4 Å². The van der Waals surface area contributed by atoms with Crippen molar-refractivity contribution < 1.29 is 13.2 Å². The van der Waals surface area contributed by atoms with Crippen LogP contribution in [0.5, 0.6) is 0 Å². The van der Waals surface area contributed by atoms with Gasteiger partial charge in [-0.2, -0.15) is 13.2 Å². The quantitative estimate of drug-likeness (QED) is 0.497. The molecule has 0 aliphatic carbocycles. The predicted octanol–water partition coefficient (Wildman–Crippen LogP) is 5.06. The zero-order chi connectivity index (χ0) is 21.4. The molecule has 1 aliphatic rings. The van der Waals surface area contributed by atoms with E-state index in [1.54, 1.807) is 18.3 Å². The lowest BCUT2D eigenvalue weighted by atomic mass is 9.94. The summed E-state index contributed by atoms with van der Waals surface area (Å²) < 4.78 is 43.7. The first-order valence-electron chi connectivity index (χ1n) is 10.5. The molecule has 0 atom stereocenters. The fraction of sp³-hybridized carbons (Fsp3) is 0.348.